The number of amides is 1. The lowest BCUT2D eigenvalue weighted by Crippen LogP contribution is -2.50. The molecular formula is C27H32BrN3O. The maximum atomic E-state index is 12.6. The van der Waals surface area contributed by atoms with Gasteiger partial charge in [0.2, 0.25) is 0 Å². The minimum Gasteiger partial charge on any atom is -0.352 e. The molecule has 168 valence electrons. The van der Waals surface area contributed by atoms with Crippen molar-refractivity contribution in [3.05, 3.63) is 70.9 Å². The summed E-state index contributed by atoms with van der Waals surface area (Å²) in [6, 6.07) is 14.8. The quantitative estimate of drug-likeness (QED) is 0.523. The highest BCUT2D eigenvalue weighted by Crippen LogP contribution is 2.46. The highest BCUT2D eigenvalue weighted by molar-refractivity contribution is 9.08. The smallest absolute Gasteiger partial charge is 0.251 e. The van der Waals surface area contributed by atoms with Gasteiger partial charge in [0.25, 0.3) is 5.91 Å². The van der Waals surface area contributed by atoms with E-state index < -0.39 is 0 Å². The van der Waals surface area contributed by atoms with Gasteiger partial charge in [-0.15, -0.1) is 0 Å². The molecule has 3 atom stereocenters. The standard InChI is InChI=1S/C27H32BrN3O/c1-27(2,3)20-12-22-21-10-17(14-29-26(32)18-8-6-5-7-9-18)15-30(4)23(21)11-19-16-31(28)24(13-20)25(19)22/h5-9,12-13,16-17,21,23H,10-11,14-15H2,1-4H3,(H,29,32)/t17-,21+,23+/m0/s1. The molecule has 1 N–H and O–H groups in total. The van der Waals surface area contributed by atoms with E-state index in [1.807, 2.05) is 30.3 Å². The van der Waals surface area contributed by atoms with Crippen LogP contribution in [0.25, 0.3) is 10.9 Å². The third-order valence-corrected chi connectivity index (χ3v) is 8.00. The number of aromatic nitrogens is 1. The lowest BCUT2D eigenvalue weighted by atomic mass is 9.71. The Kier molecular flexibility index (Phi) is 5.45. The van der Waals surface area contributed by atoms with E-state index >= 15 is 0 Å². The zero-order valence-electron chi connectivity index (χ0n) is 19.4. The van der Waals surface area contributed by atoms with Crippen molar-refractivity contribution in [2.24, 2.45) is 5.92 Å². The molecule has 1 amide bonds. The molecule has 1 fully saturated rings. The zero-order chi connectivity index (χ0) is 22.6. The van der Waals surface area contributed by atoms with Gasteiger partial charge in [-0.2, -0.15) is 0 Å². The fraction of sp³-hybridized carbons (Fsp3) is 0.444. The Bertz CT molecular complexity index is 1160. The Labute approximate surface area is 199 Å². The van der Waals surface area contributed by atoms with E-state index in [2.05, 4.69) is 76.1 Å². The van der Waals surface area contributed by atoms with Gasteiger partial charge in [0.15, 0.2) is 0 Å². The molecule has 1 aromatic heterocycles. The van der Waals surface area contributed by atoms with Crippen LogP contribution in [0.1, 0.15) is 60.2 Å². The Morgan fingerprint density at radius 3 is 2.66 bits per heavy atom. The van der Waals surface area contributed by atoms with E-state index in [1.54, 1.807) is 0 Å². The van der Waals surface area contributed by atoms with Crippen LogP contribution < -0.4 is 5.32 Å². The molecule has 0 bridgehead atoms. The Hall–Kier alpha value is -2.11. The molecule has 1 aliphatic carbocycles. The second-order valence-electron chi connectivity index (χ2n) is 10.7. The predicted octanol–water partition coefficient (Wildman–Crippen LogP) is 5.49. The van der Waals surface area contributed by atoms with E-state index in [-0.39, 0.29) is 11.3 Å². The number of likely N-dealkylation sites (tertiary alicyclic amines) is 1. The van der Waals surface area contributed by atoms with Gasteiger partial charge in [-0.25, -0.2) is 0 Å². The third kappa shape index (κ3) is 3.80. The summed E-state index contributed by atoms with van der Waals surface area (Å²) in [5.41, 5.74) is 6.42. The molecule has 0 radical (unpaired) electrons. The average molecular weight is 494 g/mol. The number of rotatable bonds is 3. The average Bonchev–Trinajstić information content (AvgIpc) is 3.09. The highest BCUT2D eigenvalue weighted by Gasteiger charge is 2.40. The number of piperidine rings is 1. The van der Waals surface area contributed by atoms with Crippen molar-refractivity contribution in [2.45, 2.75) is 51.0 Å². The summed E-state index contributed by atoms with van der Waals surface area (Å²) in [7, 11) is 2.25. The SMILES string of the molecule is CN1C[C@H](CNC(=O)c2ccccc2)C[C@@H]2c3cc(C(C)(C)C)cc4c3c(cn4Br)C[C@H]21. The number of hydrogen-bond acceptors (Lipinski definition) is 2. The summed E-state index contributed by atoms with van der Waals surface area (Å²) >= 11 is 3.77. The van der Waals surface area contributed by atoms with E-state index in [0.29, 0.717) is 17.9 Å². The van der Waals surface area contributed by atoms with Gasteiger partial charge < -0.3 is 10.2 Å². The molecule has 1 saturated heterocycles. The molecular weight excluding hydrogens is 462 g/mol. The molecule has 0 unspecified atom stereocenters. The monoisotopic (exact) mass is 493 g/mol. The second-order valence-corrected chi connectivity index (χ2v) is 11.4. The number of fused-ring (bicyclic) bond motifs is 2. The van der Waals surface area contributed by atoms with Gasteiger partial charge in [-0.1, -0.05) is 45.0 Å². The summed E-state index contributed by atoms with van der Waals surface area (Å²) in [6.07, 6.45) is 4.46. The molecule has 0 saturated carbocycles. The number of nitrogens with one attached hydrogen (secondary N) is 1. The van der Waals surface area contributed by atoms with Crippen LogP contribution in [0.2, 0.25) is 0 Å². The van der Waals surface area contributed by atoms with E-state index in [1.165, 1.54) is 27.6 Å². The number of hydrogen-bond donors (Lipinski definition) is 1. The molecule has 32 heavy (non-hydrogen) atoms. The van der Waals surface area contributed by atoms with Crippen LogP contribution in [-0.4, -0.2) is 40.6 Å². The van der Waals surface area contributed by atoms with Crippen LogP contribution in [0.3, 0.4) is 0 Å². The lowest BCUT2D eigenvalue weighted by Gasteiger charge is -2.46. The van der Waals surface area contributed by atoms with E-state index in [9.17, 15) is 4.79 Å². The highest BCUT2D eigenvalue weighted by atomic mass is 79.9. The molecule has 2 aromatic carbocycles. The summed E-state index contributed by atoms with van der Waals surface area (Å²) in [6.45, 7) is 8.61. The van der Waals surface area contributed by atoms with Crippen LogP contribution >= 0.6 is 16.1 Å². The summed E-state index contributed by atoms with van der Waals surface area (Å²) in [5.74, 6) is 0.948. The molecule has 4 nitrogen and oxygen atoms in total. The van der Waals surface area contributed by atoms with Crippen LogP contribution in [0.15, 0.2) is 48.7 Å². The fourth-order valence-electron chi connectivity index (χ4n) is 5.69. The number of carbonyl (C=O) groups excluding carboxylic acids is 1. The number of carbonyl (C=O) groups is 1. The number of benzene rings is 2. The van der Waals surface area contributed by atoms with Crippen LogP contribution in [0, 0.1) is 5.92 Å². The van der Waals surface area contributed by atoms with Gasteiger partial charge >= 0.3 is 0 Å². The van der Waals surface area contributed by atoms with Gasteiger partial charge in [-0.05, 0) is 66.1 Å². The maximum absolute atomic E-state index is 12.6. The van der Waals surface area contributed by atoms with Gasteiger partial charge in [0, 0.05) is 42.2 Å². The van der Waals surface area contributed by atoms with Crippen molar-refractivity contribution in [1.82, 2.24) is 13.8 Å². The molecule has 1 aliphatic heterocycles. The molecule has 2 heterocycles. The van der Waals surface area contributed by atoms with Crippen molar-refractivity contribution >= 4 is 33.0 Å². The van der Waals surface area contributed by atoms with Gasteiger partial charge in [0.05, 0.1) is 21.7 Å². The zero-order valence-corrected chi connectivity index (χ0v) is 20.9. The summed E-state index contributed by atoms with van der Waals surface area (Å²) in [4.78, 5) is 15.1. The minimum atomic E-state index is 0.0230. The van der Waals surface area contributed by atoms with Crippen molar-refractivity contribution in [1.29, 1.82) is 0 Å². The maximum Gasteiger partial charge on any atom is 0.251 e. The second kappa shape index (κ2) is 8.03. The first-order chi connectivity index (χ1) is 15.2. The first-order valence-electron chi connectivity index (χ1n) is 11.6. The lowest BCUT2D eigenvalue weighted by molar-refractivity contribution is 0.0891. The first kappa shape index (κ1) is 21.7. The third-order valence-electron chi connectivity index (χ3n) is 7.41. The first-order valence-corrected chi connectivity index (χ1v) is 12.3. The van der Waals surface area contributed by atoms with Crippen molar-refractivity contribution in [2.75, 3.05) is 20.1 Å². The Balaban J connectivity index is 1.44. The Morgan fingerprint density at radius 1 is 1.19 bits per heavy atom. The number of halogens is 1. The van der Waals surface area contributed by atoms with Crippen LogP contribution in [-0.2, 0) is 11.8 Å². The van der Waals surface area contributed by atoms with Gasteiger partial charge in [0.1, 0.15) is 0 Å². The van der Waals surface area contributed by atoms with E-state index in [4.69, 9.17) is 0 Å². The minimum absolute atomic E-state index is 0.0230. The molecule has 0 spiro atoms. The summed E-state index contributed by atoms with van der Waals surface area (Å²) < 4.78 is 2.13. The molecule has 5 rings (SSSR count). The van der Waals surface area contributed by atoms with Crippen molar-refractivity contribution < 1.29 is 4.79 Å². The molecule has 2 aliphatic rings. The molecule has 3 aromatic rings. The van der Waals surface area contributed by atoms with Gasteiger partial charge in [-0.3, -0.25) is 8.39 Å². The van der Waals surface area contributed by atoms with E-state index in [0.717, 1.165) is 31.5 Å². The van der Waals surface area contributed by atoms with Crippen LogP contribution in [0.4, 0.5) is 0 Å². The summed E-state index contributed by atoms with van der Waals surface area (Å²) in [5, 5.41) is 4.62. The topological polar surface area (TPSA) is 37.3 Å². The molecule has 5 heteroatoms. The fourth-order valence-corrected chi connectivity index (χ4v) is 6.22. The normalized spacial score (nSPS) is 23.2. The van der Waals surface area contributed by atoms with Crippen LogP contribution in [0.5, 0.6) is 0 Å². The Morgan fingerprint density at radius 2 is 1.94 bits per heavy atom. The number of nitrogens with zero attached hydrogens (tertiary/aromatic N) is 2. The predicted molar refractivity (Wildman–Crippen MR) is 135 cm³/mol. The number of likely N-dealkylation sites (N-methyl/N-ethyl adjacent to an activating group) is 1. The van der Waals surface area contributed by atoms with Crippen molar-refractivity contribution in [3.63, 3.8) is 0 Å². The van der Waals surface area contributed by atoms with Crippen molar-refractivity contribution in [3.8, 4) is 0 Å². The largest absolute Gasteiger partial charge is 0.352 e.